The number of carbonyl (C=O) groups excluding carboxylic acids is 2. The summed E-state index contributed by atoms with van der Waals surface area (Å²) in [6, 6.07) is 15.1. The van der Waals surface area contributed by atoms with Crippen LogP contribution in [0.15, 0.2) is 54.6 Å². The van der Waals surface area contributed by atoms with Crippen molar-refractivity contribution in [2.45, 2.75) is 44.9 Å². The molecule has 0 heterocycles. The van der Waals surface area contributed by atoms with Crippen LogP contribution in [0.25, 0.3) is 0 Å². The number of nitrogens with one attached hydrogen (secondary N) is 2. The van der Waals surface area contributed by atoms with Crippen molar-refractivity contribution >= 4 is 23.4 Å². The van der Waals surface area contributed by atoms with E-state index in [-0.39, 0.29) is 6.42 Å². The molecule has 0 fully saturated rings. The molecule has 0 radical (unpaired) electrons. The minimum atomic E-state index is -1.51. The van der Waals surface area contributed by atoms with Crippen molar-refractivity contribution in [3.8, 4) is 0 Å². The molecule has 0 aliphatic rings. The SMILES string of the molecule is CC(C)(C)OC(=O)N[C@@H](Cc1ccccc1)C(O)C(=O)Nc1ccccc1N. The number of anilines is 2. The van der Waals surface area contributed by atoms with Crippen LogP contribution in [0.5, 0.6) is 0 Å². The highest BCUT2D eigenvalue weighted by molar-refractivity contribution is 5.97. The van der Waals surface area contributed by atoms with E-state index in [2.05, 4.69) is 10.6 Å². The maximum Gasteiger partial charge on any atom is 0.407 e. The lowest BCUT2D eigenvalue weighted by atomic mass is 10.0. The summed E-state index contributed by atoms with van der Waals surface area (Å²) in [5.41, 5.74) is 6.76. The first kappa shape index (κ1) is 21.2. The first-order chi connectivity index (χ1) is 13.2. The van der Waals surface area contributed by atoms with E-state index in [9.17, 15) is 14.7 Å². The summed E-state index contributed by atoms with van der Waals surface area (Å²) in [5.74, 6) is -0.671. The molecule has 2 rings (SSSR count). The molecule has 7 nitrogen and oxygen atoms in total. The smallest absolute Gasteiger partial charge is 0.407 e. The molecule has 0 bridgehead atoms. The number of aliphatic hydroxyl groups is 1. The van der Waals surface area contributed by atoms with E-state index >= 15 is 0 Å². The monoisotopic (exact) mass is 385 g/mol. The third kappa shape index (κ3) is 6.59. The summed E-state index contributed by atoms with van der Waals surface area (Å²) < 4.78 is 5.26. The Kier molecular flexibility index (Phi) is 7.00. The van der Waals surface area contributed by atoms with Gasteiger partial charge < -0.3 is 26.2 Å². The predicted octanol–water partition coefficient (Wildman–Crippen LogP) is 2.70. The second-order valence-corrected chi connectivity index (χ2v) is 7.46. The van der Waals surface area contributed by atoms with Gasteiger partial charge in [0.2, 0.25) is 0 Å². The fourth-order valence-electron chi connectivity index (χ4n) is 2.57. The van der Waals surface area contributed by atoms with Gasteiger partial charge in [-0.3, -0.25) is 4.79 Å². The van der Waals surface area contributed by atoms with Crippen molar-refractivity contribution in [3.63, 3.8) is 0 Å². The standard InChI is InChI=1S/C21H27N3O4/c1-21(2,3)28-20(27)24-17(13-14-9-5-4-6-10-14)18(25)19(26)23-16-12-8-7-11-15(16)22/h4-12,17-18,25H,13,22H2,1-3H3,(H,23,26)(H,24,27)/t17-,18?/m0/s1. The van der Waals surface area contributed by atoms with Crippen LogP contribution in [-0.4, -0.2) is 34.9 Å². The van der Waals surface area contributed by atoms with Crippen molar-refractivity contribution in [1.82, 2.24) is 5.32 Å². The van der Waals surface area contributed by atoms with E-state index in [4.69, 9.17) is 10.5 Å². The first-order valence-electron chi connectivity index (χ1n) is 9.02. The molecular weight excluding hydrogens is 358 g/mol. The van der Waals surface area contributed by atoms with Gasteiger partial charge in [0.15, 0.2) is 6.10 Å². The molecule has 2 aromatic rings. The van der Waals surface area contributed by atoms with Gasteiger partial charge in [0.1, 0.15) is 5.60 Å². The van der Waals surface area contributed by atoms with Gasteiger partial charge in [-0.1, -0.05) is 42.5 Å². The molecule has 150 valence electrons. The molecule has 2 amide bonds. The number of benzene rings is 2. The summed E-state index contributed by atoms with van der Waals surface area (Å²) in [7, 11) is 0. The van der Waals surface area contributed by atoms with Crippen LogP contribution < -0.4 is 16.4 Å². The normalized spacial score (nSPS) is 13.3. The number of amides is 2. The molecule has 0 saturated carbocycles. The average Bonchev–Trinajstić information content (AvgIpc) is 2.61. The van der Waals surface area contributed by atoms with E-state index < -0.39 is 29.7 Å². The van der Waals surface area contributed by atoms with E-state index in [0.717, 1.165) is 5.56 Å². The van der Waals surface area contributed by atoms with Crippen LogP contribution in [0.3, 0.4) is 0 Å². The number of nitrogens with two attached hydrogens (primary N) is 1. The number of aliphatic hydroxyl groups excluding tert-OH is 1. The molecule has 0 spiro atoms. The van der Waals surface area contributed by atoms with Gasteiger partial charge in [0, 0.05) is 0 Å². The van der Waals surface area contributed by atoms with Crippen LogP contribution in [0.1, 0.15) is 26.3 Å². The van der Waals surface area contributed by atoms with Crippen molar-refractivity contribution in [3.05, 3.63) is 60.2 Å². The minimum Gasteiger partial charge on any atom is -0.444 e. The zero-order valence-electron chi connectivity index (χ0n) is 16.3. The summed E-state index contributed by atoms with van der Waals surface area (Å²) >= 11 is 0. The molecule has 0 aromatic heterocycles. The molecule has 7 heteroatoms. The number of nitrogen functional groups attached to an aromatic ring is 1. The number of carbonyl (C=O) groups is 2. The number of rotatable bonds is 6. The number of hydrogen-bond acceptors (Lipinski definition) is 5. The Hall–Kier alpha value is -3.06. The average molecular weight is 385 g/mol. The summed E-state index contributed by atoms with van der Waals surface area (Å²) in [6.07, 6.45) is -1.97. The first-order valence-corrected chi connectivity index (χ1v) is 9.02. The number of hydrogen-bond donors (Lipinski definition) is 4. The van der Waals surface area contributed by atoms with E-state index in [1.807, 2.05) is 30.3 Å². The van der Waals surface area contributed by atoms with Crippen LogP contribution in [0.4, 0.5) is 16.2 Å². The van der Waals surface area contributed by atoms with Gasteiger partial charge in [-0.2, -0.15) is 0 Å². The van der Waals surface area contributed by atoms with Crippen LogP contribution >= 0.6 is 0 Å². The third-order valence-electron chi connectivity index (χ3n) is 3.87. The molecule has 0 aliphatic carbocycles. The maximum atomic E-state index is 12.6. The topological polar surface area (TPSA) is 114 Å². The Bertz CT molecular complexity index is 803. The highest BCUT2D eigenvalue weighted by Gasteiger charge is 2.30. The highest BCUT2D eigenvalue weighted by Crippen LogP contribution is 2.18. The lowest BCUT2D eigenvalue weighted by molar-refractivity contribution is -0.125. The maximum absolute atomic E-state index is 12.6. The summed E-state index contributed by atoms with van der Waals surface area (Å²) in [4.78, 5) is 24.8. The van der Waals surface area contributed by atoms with Crippen molar-refractivity contribution in [2.24, 2.45) is 0 Å². The van der Waals surface area contributed by atoms with Crippen molar-refractivity contribution in [1.29, 1.82) is 0 Å². The Morgan fingerprint density at radius 3 is 2.29 bits per heavy atom. The number of alkyl carbamates (subject to hydrolysis) is 1. The van der Waals surface area contributed by atoms with E-state index in [1.165, 1.54) is 0 Å². The molecule has 0 aliphatic heterocycles. The zero-order valence-corrected chi connectivity index (χ0v) is 16.3. The fraction of sp³-hybridized carbons (Fsp3) is 0.333. The molecule has 2 aromatic carbocycles. The minimum absolute atomic E-state index is 0.249. The Balaban J connectivity index is 2.15. The molecule has 1 unspecified atom stereocenters. The van der Waals surface area contributed by atoms with Crippen molar-refractivity contribution < 1.29 is 19.4 Å². The quantitative estimate of drug-likeness (QED) is 0.571. The third-order valence-corrected chi connectivity index (χ3v) is 3.87. The van der Waals surface area contributed by atoms with Crippen LogP contribution in [-0.2, 0) is 16.0 Å². The Labute approximate surface area is 164 Å². The van der Waals surface area contributed by atoms with Gasteiger partial charge >= 0.3 is 6.09 Å². The van der Waals surface area contributed by atoms with Crippen molar-refractivity contribution in [2.75, 3.05) is 11.1 Å². The number of ether oxygens (including phenoxy) is 1. The largest absolute Gasteiger partial charge is 0.444 e. The summed E-state index contributed by atoms with van der Waals surface area (Å²) in [5, 5.41) is 15.8. The predicted molar refractivity (Wildman–Crippen MR) is 109 cm³/mol. The van der Waals surface area contributed by atoms with Crippen LogP contribution in [0.2, 0.25) is 0 Å². The fourth-order valence-corrected chi connectivity index (χ4v) is 2.57. The second kappa shape index (κ2) is 9.23. The lowest BCUT2D eigenvalue weighted by Gasteiger charge is -2.26. The van der Waals surface area contributed by atoms with Gasteiger partial charge in [0.25, 0.3) is 5.91 Å². The van der Waals surface area contributed by atoms with Gasteiger partial charge in [-0.05, 0) is 44.9 Å². The Morgan fingerprint density at radius 1 is 1.07 bits per heavy atom. The zero-order chi connectivity index (χ0) is 20.7. The molecule has 28 heavy (non-hydrogen) atoms. The van der Waals surface area contributed by atoms with Gasteiger partial charge in [-0.25, -0.2) is 4.79 Å². The highest BCUT2D eigenvalue weighted by atomic mass is 16.6. The summed E-state index contributed by atoms with van der Waals surface area (Å²) in [6.45, 7) is 5.21. The molecular formula is C21H27N3O4. The molecule has 5 N–H and O–H groups in total. The molecule has 0 saturated heterocycles. The second-order valence-electron chi connectivity index (χ2n) is 7.46. The Morgan fingerprint density at radius 2 is 1.68 bits per heavy atom. The van der Waals surface area contributed by atoms with E-state index in [1.54, 1.807) is 45.0 Å². The van der Waals surface area contributed by atoms with Gasteiger partial charge in [-0.15, -0.1) is 0 Å². The van der Waals surface area contributed by atoms with E-state index in [0.29, 0.717) is 11.4 Å². The van der Waals surface area contributed by atoms with Gasteiger partial charge in [0.05, 0.1) is 17.4 Å². The van der Waals surface area contributed by atoms with Crippen LogP contribution in [0, 0.1) is 0 Å². The lowest BCUT2D eigenvalue weighted by Crippen LogP contribution is -2.51. The molecule has 2 atom stereocenters. The number of para-hydroxylation sites is 2.